The van der Waals surface area contributed by atoms with Crippen LogP contribution in [0.5, 0.6) is 0 Å². The molecule has 0 spiro atoms. The average molecular weight is 415 g/mol. The van der Waals surface area contributed by atoms with Crippen molar-refractivity contribution in [1.82, 2.24) is 0 Å². The van der Waals surface area contributed by atoms with E-state index >= 15 is 0 Å². The molecule has 3 aromatic carbocycles. The van der Waals surface area contributed by atoms with Gasteiger partial charge in [-0.25, -0.2) is 12.8 Å². The van der Waals surface area contributed by atoms with Crippen molar-refractivity contribution >= 4 is 33.3 Å². The maximum atomic E-state index is 13.2. The molecule has 0 radical (unpaired) electrons. The number of hydrogen-bond acceptors (Lipinski definition) is 3. The number of benzene rings is 3. The summed E-state index contributed by atoms with van der Waals surface area (Å²) >= 11 is 5.86. The van der Waals surface area contributed by atoms with Gasteiger partial charge in [-0.05, 0) is 53.6 Å². The number of halogens is 2. The normalized spacial score (nSPS) is 12.0. The lowest BCUT2D eigenvalue weighted by molar-refractivity contribution is 0.104. The molecule has 0 saturated heterocycles. The third-order valence-electron chi connectivity index (χ3n) is 4.03. The Labute approximate surface area is 168 Å². The molecule has 0 fully saturated rings. The summed E-state index contributed by atoms with van der Waals surface area (Å²) in [6.45, 7) is 0. The minimum Gasteiger partial charge on any atom is -0.288 e. The van der Waals surface area contributed by atoms with Crippen LogP contribution in [0.2, 0.25) is 5.02 Å². The summed E-state index contributed by atoms with van der Waals surface area (Å²) < 4.78 is 39.3. The van der Waals surface area contributed by atoms with E-state index in [0.717, 1.165) is 0 Å². The van der Waals surface area contributed by atoms with Crippen LogP contribution in [-0.2, 0) is 15.6 Å². The molecule has 0 aromatic heterocycles. The highest BCUT2D eigenvalue weighted by molar-refractivity contribution is 7.95. The predicted molar refractivity (Wildman–Crippen MR) is 109 cm³/mol. The summed E-state index contributed by atoms with van der Waals surface area (Å²) in [6, 6.07) is 19.9. The molecule has 0 aliphatic carbocycles. The van der Waals surface area contributed by atoms with E-state index < -0.39 is 21.4 Å². The number of Topliss-reactive ketones (excluding diaryl/α,β-unsaturated/α-hetero) is 1. The lowest BCUT2D eigenvalue weighted by Crippen LogP contribution is -2.16. The van der Waals surface area contributed by atoms with Crippen molar-refractivity contribution in [2.24, 2.45) is 0 Å². The Balaban J connectivity index is 2.06. The number of hydrogen-bond donors (Lipinski definition) is 0. The number of allylic oxidation sites excluding steroid dienone is 1. The van der Waals surface area contributed by atoms with Gasteiger partial charge in [0.05, 0.1) is 5.75 Å². The molecule has 142 valence electrons. The van der Waals surface area contributed by atoms with Crippen LogP contribution in [0.25, 0.3) is 6.08 Å². The van der Waals surface area contributed by atoms with Gasteiger partial charge < -0.3 is 0 Å². The average Bonchev–Trinajstić information content (AvgIpc) is 2.68. The molecule has 0 aliphatic rings. The summed E-state index contributed by atoms with van der Waals surface area (Å²) in [6.07, 6.45) is 1.27. The fourth-order valence-electron chi connectivity index (χ4n) is 2.62. The van der Waals surface area contributed by atoms with Crippen LogP contribution in [0.15, 0.2) is 83.8 Å². The molecule has 3 rings (SSSR count). The summed E-state index contributed by atoms with van der Waals surface area (Å²) in [5.41, 5.74) is 1.18. The van der Waals surface area contributed by atoms with Gasteiger partial charge in [-0.2, -0.15) is 0 Å². The van der Waals surface area contributed by atoms with Gasteiger partial charge in [0.1, 0.15) is 10.7 Å². The number of carbonyl (C=O) groups is 1. The quantitative estimate of drug-likeness (QED) is 0.405. The zero-order chi connectivity index (χ0) is 20.1. The largest absolute Gasteiger partial charge is 0.288 e. The molecule has 3 aromatic rings. The third kappa shape index (κ3) is 4.94. The van der Waals surface area contributed by atoms with Crippen LogP contribution >= 0.6 is 11.6 Å². The molecule has 0 atom stereocenters. The van der Waals surface area contributed by atoms with E-state index in [1.165, 1.54) is 54.6 Å². The second-order valence-electron chi connectivity index (χ2n) is 6.14. The predicted octanol–water partition coefficient (Wildman–Crippen LogP) is 5.32. The Bertz CT molecular complexity index is 1100. The summed E-state index contributed by atoms with van der Waals surface area (Å²) in [7, 11) is -3.96. The first-order valence-electron chi connectivity index (χ1n) is 8.39. The van der Waals surface area contributed by atoms with Crippen molar-refractivity contribution in [3.05, 3.63) is 111 Å². The number of sulfone groups is 1. The van der Waals surface area contributed by atoms with E-state index in [2.05, 4.69) is 0 Å². The van der Waals surface area contributed by atoms with E-state index in [4.69, 9.17) is 11.6 Å². The van der Waals surface area contributed by atoms with Crippen molar-refractivity contribution in [2.75, 3.05) is 0 Å². The maximum absolute atomic E-state index is 13.2. The van der Waals surface area contributed by atoms with E-state index in [0.29, 0.717) is 16.1 Å². The standard InChI is InChI=1S/C22H16ClFO3S/c23-19-10-8-18(9-11-19)22(25)21(14-16-6-12-20(24)13-7-16)28(26,27)15-17-4-2-1-3-5-17/h1-14H,15H2/b21-14+. The SMILES string of the molecule is O=C(/C(=C\c1ccc(F)cc1)S(=O)(=O)Cc1ccccc1)c1ccc(Cl)cc1. The highest BCUT2D eigenvalue weighted by atomic mass is 35.5. The smallest absolute Gasteiger partial charge is 0.204 e. The molecule has 0 bridgehead atoms. The molecule has 0 unspecified atom stereocenters. The lowest BCUT2D eigenvalue weighted by Gasteiger charge is -2.10. The second kappa shape index (κ2) is 8.50. The van der Waals surface area contributed by atoms with E-state index in [9.17, 15) is 17.6 Å². The van der Waals surface area contributed by atoms with Gasteiger partial charge in [0.25, 0.3) is 0 Å². The van der Waals surface area contributed by atoms with E-state index in [-0.39, 0.29) is 16.2 Å². The number of rotatable bonds is 6. The topological polar surface area (TPSA) is 51.2 Å². The Morgan fingerprint density at radius 3 is 2.11 bits per heavy atom. The molecule has 0 amide bonds. The first-order valence-corrected chi connectivity index (χ1v) is 10.4. The van der Waals surface area contributed by atoms with Gasteiger partial charge in [0, 0.05) is 10.6 Å². The van der Waals surface area contributed by atoms with Crippen molar-refractivity contribution in [1.29, 1.82) is 0 Å². The molecular formula is C22H16ClFO3S. The van der Waals surface area contributed by atoms with Gasteiger partial charge >= 0.3 is 0 Å². The Hall–Kier alpha value is -2.76. The minimum atomic E-state index is -3.96. The summed E-state index contributed by atoms with van der Waals surface area (Å²) in [5, 5.41) is 0.438. The minimum absolute atomic E-state index is 0.203. The highest BCUT2D eigenvalue weighted by Gasteiger charge is 2.26. The zero-order valence-corrected chi connectivity index (χ0v) is 16.3. The molecule has 28 heavy (non-hydrogen) atoms. The Morgan fingerprint density at radius 2 is 1.50 bits per heavy atom. The fraction of sp³-hybridized carbons (Fsp3) is 0.0455. The first kappa shape index (κ1) is 20.0. The van der Waals surface area contributed by atoms with Gasteiger partial charge in [-0.15, -0.1) is 0 Å². The second-order valence-corrected chi connectivity index (χ2v) is 8.54. The number of ketones is 1. The first-order chi connectivity index (χ1) is 13.3. The van der Waals surface area contributed by atoms with Gasteiger partial charge in [-0.3, -0.25) is 4.79 Å². The van der Waals surface area contributed by atoms with E-state index in [1.807, 2.05) is 0 Å². The van der Waals surface area contributed by atoms with Gasteiger partial charge in [0.15, 0.2) is 9.84 Å². The summed E-state index contributed by atoms with van der Waals surface area (Å²) in [4.78, 5) is 12.6. The zero-order valence-electron chi connectivity index (χ0n) is 14.7. The number of carbonyl (C=O) groups excluding carboxylic acids is 1. The summed E-state index contributed by atoms with van der Waals surface area (Å²) in [5.74, 6) is -1.41. The molecule has 0 saturated carbocycles. The van der Waals surface area contributed by atoms with Crippen LogP contribution in [-0.4, -0.2) is 14.2 Å². The molecule has 0 heterocycles. The van der Waals surface area contributed by atoms with Crippen molar-refractivity contribution in [2.45, 2.75) is 5.75 Å². The third-order valence-corrected chi connectivity index (χ3v) is 5.97. The Morgan fingerprint density at radius 1 is 0.893 bits per heavy atom. The van der Waals surface area contributed by atoms with Gasteiger partial charge in [0.2, 0.25) is 5.78 Å². The highest BCUT2D eigenvalue weighted by Crippen LogP contribution is 2.23. The van der Waals surface area contributed by atoms with Crippen molar-refractivity contribution < 1.29 is 17.6 Å². The molecule has 0 aliphatic heterocycles. The van der Waals surface area contributed by atoms with Crippen LogP contribution in [0.4, 0.5) is 4.39 Å². The lowest BCUT2D eigenvalue weighted by atomic mass is 10.1. The van der Waals surface area contributed by atoms with E-state index in [1.54, 1.807) is 30.3 Å². The monoisotopic (exact) mass is 414 g/mol. The molecule has 3 nitrogen and oxygen atoms in total. The fourth-order valence-corrected chi connectivity index (χ4v) is 4.25. The molecular weight excluding hydrogens is 399 g/mol. The maximum Gasteiger partial charge on any atom is 0.204 e. The molecule has 6 heteroatoms. The van der Waals surface area contributed by atoms with Crippen LogP contribution in [0.3, 0.4) is 0 Å². The van der Waals surface area contributed by atoms with Crippen LogP contribution in [0.1, 0.15) is 21.5 Å². The van der Waals surface area contributed by atoms with Crippen molar-refractivity contribution in [3.8, 4) is 0 Å². The van der Waals surface area contributed by atoms with Crippen LogP contribution in [0, 0.1) is 5.82 Å². The van der Waals surface area contributed by atoms with Crippen molar-refractivity contribution in [3.63, 3.8) is 0 Å². The van der Waals surface area contributed by atoms with Crippen LogP contribution < -0.4 is 0 Å². The van der Waals surface area contributed by atoms with Gasteiger partial charge in [-0.1, -0.05) is 54.1 Å². The molecule has 0 N–H and O–H groups in total. The Kier molecular flexibility index (Phi) is 6.07.